The van der Waals surface area contributed by atoms with Crippen LogP contribution in [0.5, 0.6) is 11.5 Å². The lowest BCUT2D eigenvalue weighted by atomic mass is 9.49. The summed E-state index contributed by atoms with van der Waals surface area (Å²) in [6.07, 6.45) is 8.21. The molecule has 1 aromatic heterocycles. The van der Waals surface area contributed by atoms with Crippen molar-refractivity contribution in [3.63, 3.8) is 0 Å². The molecule has 30 heavy (non-hydrogen) atoms. The van der Waals surface area contributed by atoms with Gasteiger partial charge < -0.3 is 9.47 Å². The van der Waals surface area contributed by atoms with E-state index in [0.29, 0.717) is 17.9 Å². The Balaban J connectivity index is 1.31. The van der Waals surface area contributed by atoms with E-state index in [1.54, 1.807) is 30.7 Å². The summed E-state index contributed by atoms with van der Waals surface area (Å²) in [6.45, 7) is 0. The van der Waals surface area contributed by atoms with E-state index in [-0.39, 0.29) is 16.6 Å². The van der Waals surface area contributed by atoms with Crippen LogP contribution in [0.25, 0.3) is 0 Å². The van der Waals surface area contributed by atoms with Gasteiger partial charge in [-0.2, -0.15) is 4.68 Å². The van der Waals surface area contributed by atoms with Gasteiger partial charge in [0, 0.05) is 17.1 Å². The number of methoxy groups -OCH3 is 2. The highest BCUT2D eigenvalue weighted by Crippen LogP contribution is 2.60. The van der Waals surface area contributed by atoms with Gasteiger partial charge in [0.05, 0.1) is 14.2 Å². The average Bonchev–Trinajstić information content (AvgIpc) is 3.18. The van der Waals surface area contributed by atoms with E-state index in [1.807, 2.05) is 18.2 Å². The summed E-state index contributed by atoms with van der Waals surface area (Å²) in [6, 6.07) is 5.88. The minimum Gasteiger partial charge on any atom is -0.493 e. The van der Waals surface area contributed by atoms with Gasteiger partial charge in [-0.25, -0.2) is 4.98 Å². The normalized spacial score (nSPS) is 34.1. The fourth-order valence-electron chi connectivity index (χ4n) is 6.80. The molecule has 0 N–H and O–H groups in total. The third-order valence-corrected chi connectivity index (χ3v) is 8.91. The van der Waals surface area contributed by atoms with Crippen LogP contribution < -0.4 is 9.47 Å². The summed E-state index contributed by atoms with van der Waals surface area (Å²) in [5, 5.41) is 5.56. The Labute approximate surface area is 180 Å². The molecule has 4 bridgehead atoms. The number of fused-ring (bicyclic) bond motifs is 1. The number of aromatic nitrogens is 3. The van der Waals surface area contributed by atoms with Gasteiger partial charge in [0.1, 0.15) is 0 Å². The lowest BCUT2D eigenvalue weighted by Crippen LogP contribution is -2.49. The minimum absolute atomic E-state index is 0.0122. The molecule has 158 valence electrons. The predicted octanol–water partition coefficient (Wildman–Crippen LogP) is 4.64. The van der Waals surface area contributed by atoms with Crippen molar-refractivity contribution in [3.05, 3.63) is 29.6 Å². The number of ether oxygens (including phenoxy) is 2. The molecule has 5 aliphatic rings. The molecule has 0 spiro atoms. The van der Waals surface area contributed by atoms with Crippen LogP contribution in [0.4, 0.5) is 0 Å². The molecule has 1 unspecified atom stereocenters. The van der Waals surface area contributed by atoms with E-state index in [4.69, 9.17) is 19.6 Å². The van der Waals surface area contributed by atoms with E-state index < -0.39 is 0 Å². The Morgan fingerprint density at radius 3 is 2.33 bits per heavy atom. The Kier molecular flexibility index (Phi) is 4.21. The van der Waals surface area contributed by atoms with Crippen molar-refractivity contribution in [1.29, 1.82) is 0 Å². The maximum absolute atomic E-state index is 13.0. The summed E-state index contributed by atoms with van der Waals surface area (Å²) in [5.74, 6) is 4.85. The summed E-state index contributed by atoms with van der Waals surface area (Å²) in [4.78, 5) is 18.0. The largest absolute Gasteiger partial charge is 0.493 e. The first-order valence-corrected chi connectivity index (χ1v) is 11.8. The van der Waals surface area contributed by atoms with Crippen molar-refractivity contribution >= 4 is 17.7 Å². The molecular formula is C23H27N3O3S. The highest BCUT2D eigenvalue weighted by Gasteiger charge is 2.54. The van der Waals surface area contributed by atoms with Gasteiger partial charge in [-0.1, -0.05) is 17.8 Å². The highest BCUT2D eigenvalue weighted by molar-refractivity contribution is 7.99. The zero-order valence-corrected chi connectivity index (χ0v) is 18.3. The number of hydrogen-bond acceptors (Lipinski definition) is 6. The SMILES string of the molecule is COc1ccc(C2CC(=O)n3nc(C45CC6CC(CC(C6)C4)C5)nc3S2)cc1OC. The maximum atomic E-state index is 13.0. The molecule has 7 heteroatoms. The fourth-order valence-corrected chi connectivity index (χ4v) is 7.94. The molecule has 2 heterocycles. The maximum Gasteiger partial charge on any atom is 0.250 e. The van der Waals surface area contributed by atoms with Gasteiger partial charge in [-0.05, 0) is 74.0 Å². The third-order valence-electron chi connectivity index (χ3n) is 7.71. The zero-order valence-electron chi connectivity index (χ0n) is 17.5. The zero-order chi connectivity index (χ0) is 20.5. The number of thioether (sulfide) groups is 1. The second kappa shape index (κ2) is 6.74. The summed E-state index contributed by atoms with van der Waals surface area (Å²) >= 11 is 1.64. The average molecular weight is 426 g/mol. The minimum atomic E-state index is 0.0122. The van der Waals surface area contributed by atoms with E-state index in [9.17, 15) is 4.79 Å². The van der Waals surface area contributed by atoms with E-state index in [1.165, 1.54) is 38.5 Å². The highest BCUT2D eigenvalue weighted by atomic mass is 32.2. The van der Waals surface area contributed by atoms with Crippen LogP contribution in [0.1, 0.15) is 66.4 Å². The monoisotopic (exact) mass is 425 g/mol. The molecule has 1 aromatic carbocycles. The molecule has 6 nitrogen and oxygen atoms in total. The van der Waals surface area contributed by atoms with Crippen LogP contribution in [0.2, 0.25) is 0 Å². The van der Waals surface area contributed by atoms with Crippen LogP contribution in [0.15, 0.2) is 23.4 Å². The molecule has 4 fully saturated rings. The number of carbonyl (C=O) groups excluding carboxylic acids is 1. The first-order chi connectivity index (χ1) is 14.6. The van der Waals surface area contributed by atoms with Crippen molar-refractivity contribution in [3.8, 4) is 11.5 Å². The van der Waals surface area contributed by atoms with Crippen LogP contribution in [0, 0.1) is 17.8 Å². The molecule has 0 saturated heterocycles. The lowest BCUT2D eigenvalue weighted by molar-refractivity contribution is -0.00944. The molecule has 2 aromatic rings. The number of hydrogen-bond donors (Lipinski definition) is 0. The van der Waals surface area contributed by atoms with Crippen molar-refractivity contribution in [2.75, 3.05) is 14.2 Å². The lowest BCUT2D eigenvalue weighted by Gasteiger charge is -2.55. The number of rotatable bonds is 4. The smallest absolute Gasteiger partial charge is 0.250 e. The van der Waals surface area contributed by atoms with Crippen LogP contribution in [0.3, 0.4) is 0 Å². The fraction of sp³-hybridized carbons (Fsp3) is 0.609. The first kappa shape index (κ1) is 18.7. The third kappa shape index (κ3) is 2.81. The van der Waals surface area contributed by atoms with E-state index in [2.05, 4.69) is 0 Å². The van der Waals surface area contributed by atoms with Gasteiger partial charge >= 0.3 is 0 Å². The molecule has 1 atom stereocenters. The number of nitrogens with zero attached hydrogens (tertiary/aromatic N) is 3. The topological polar surface area (TPSA) is 66.2 Å². The Hall–Kier alpha value is -2.02. The second-order valence-corrected chi connectivity index (χ2v) is 10.8. The van der Waals surface area contributed by atoms with Gasteiger partial charge in [0.15, 0.2) is 22.5 Å². The van der Waals surface area contributed by atoms with Crippen molar-refractivity contribution in [2.45, 2.75) is 60.8 Å². The molecule has 1 aliphatic heterocycles. The molecule has 0 amide bonds. The van der Waals surface area contributed by atoms with Crippen molar-refractivity contribution in [2.24, 2.45) is 17.8 Å². The van der Waals surface area contributed by atoms with Crippen molar-refractivity contribution < 1.29 is 14.3 Å². The van der Waals surface area contributed by atoms with Crippen molar-refractivity contribution in [1.82, 2.24) is 14.8 Å². The van der Waals surface area contributed by atoms with Crippen LogP contribution in [-0.2, 0) is 5.41 Å². The quantitative estimate of drug-likeness (QED) is 0.711. The molecule has 7 rings (SSSR count). The van der Waals surface area contributed by atoms with E-state index in [0.717, 1.165) is 34.3 Å². The summed E-state index contributed by atoms with van der Waals surface area (Å²) in [5.41, 5.74) is 1.16. The Morgan fingerprint density at radius 1 is 1.03 bits per heavy atom. The molecular weight excluding hydrogens is 398 g/mol. The Morgan fingerprint density at radius 2 is 1.70 bits per heavy atom. The van der Waals surface area contributed by atoms with Crippen LogP contribution >= 0.6 is 11.8 Å². The first-order valence-electron chi connectivity index (χ1n) is 11.0. The Bertz CT molecular complexity index is 982. The second-order valence-electron chi connectivity index (χ2n) is 9.65. The van der Waals surface area contributed by atoms with E-state index >= 15 is 0 Å². The molecule has 4 saturated carbocycles. The van der Waals surface area contributed by atoms with Gasteiger partial charge in [-0.3, -0.25) is 4.79 Å². The number of carbonyl (C=O) groups is 1. The molecule has 0 radical (unpaired) electrons. The number of benzene rings is 1. The summed E-state index contributed by atoms with van der Waals surface area (Å²) in [7, 11) is 3.26. The van der Waals surface area contributed by atoms with Gasteiger partial charge in [-0.15, -0.1) is 5.10 Å². The summed E-state index contributed by atoms with van der Waals surface area (Å²) < 4.78 is 12.4. The van der Waals surface area contributed by atoms with Gasteiger partial charge in [0.2, 0.25) is 0 Å². The molecule has 4 aliphatic carbocycles. The van der Waals surface area contributed by atoms with Crippen LogP contribution in [-0.4, -0.2) is 34.9 Å². The van der Waals surface area contributed by atoms with Gasteiger partial charge in [0.25, 0.3) is 5.91 Å². The standard InChI is InChI=1S/C23H27N3O3S/c1-28-17-4-3-16(8-18(17)29-2)19-9-20(27)26-22(30-19)24-21(25-26)23-10-13-5-14(11-23)7-15(6-13)12-23/h3-4,8,13-15,19H,5-7,9-12H2,1-2H3. The predicted molar refractivity (Wildman–Crippen MR) is 113 cm³/mol.